The van der Waals surface area contributed by atoms with Gasteiger partial charge in [0.1, 0.15) is 11.6 Å². The summed E-state index contributed by atoms with van der Waals surface area (Å²) in [4.78, 5) is 13.5. The molecule has 5 heteroatoms. The Labute approximate surface area is 146 Å². The first-order valence-corrected chi connectivity index (χ1v) is 8.39. The van der Waals surface area contributed by atoms with Crippen molar-refractivity contribution < 1.29 is 18.5 Å². The van der Waals surface area contributed by atoms with E-state index in [9.17, 15) is 13.6 Å². The van der Waals surface area contributed by atoms with Crippen molar-refractivity contribution in [3.05, 3.63) is 71.8 Å². The van der Waals surface area contributed by atoms with Gasteiger partial charge in [0.25, 0.3) is 5.91 Å². The molecule has 2 aromatic carbocycles. The minimum Gasteiger partial charge on any atom is -0.321 e. The Balaban J connectivity index is 1.64. The molecule has 1 aliphatic heterocycles. The number of amides is 1. The minimum absolute atomic E-state index is 0.117. The summed E-state index contributed by atoms with van der Waals surface area (Å²) in [7, 11) is 0. The summed E-state index contributed by atoms with van der Waals surface area (Å²) >= 11 is 0. The van der Waals surface area contributed by atoms with E-state index in [0.717, 1.165) is 42.6 Å². The number of hydrogen-bond donors (Lipinski definition) is 2. The first-order valence-electron chi connectivity index (χ1n) is 8.39. The molecule has 2 atom stereocenters. The molecule has 1 unspecified atom stereocenters. The first kappa shape index (κ1) is 17.3. The maximum Gasteiger partial charge on any atom is 0.282 e. The number of halogens is 2. The summed E-state index contributed by atoms with van der Waals surface area (Å²) in [6.45, 7) is 3.36. The third-order valence-corrected chi connectivity index (χ3v) is 4.66. The molecule has 0 fully saturated rings. The zero-order chi connectivity index (χ0) is 17.8. The normalized spacial score (nSPS) is 18.4. The van der Waals surface area contributed by atoms with Crippen molar-refractivity contribution in [1.82, 2.24) is 0 Å². The third kappa shape index (κ3) is 4.12. The van der Waals surface area contributed by atoms with Crippen molar-refractivity contribution in [3.63, 3.8) is 0 Å². The van der Waals surface area contributed by atoms with Crippen molar-refractivity contribution in [3.8, 4) is 0 Å². The van der Waals surface area contributed by atoms with Gasteiger partial charge in [0, 0.05) is 12.5 Å². The van der Waals surface area contributed by atoms with Crippen LogP contribution in [0.25, 0.3) is 5.57 Å². The zero-order valence-corrected chi connectivity index (χ0v) is 14.1. The van der Waals surface area contributed by atoms with Gasteiger partial charge < -0.3 is 10.2 Å². The van der Waals surface area contributed by atoms with E-state index in [-0.39, 0.29) is 17.6 Å². The molecule has 0 spiro atoms. The molecule has 130 valence electrons. The van der Waals surface area contributed by atoms with Gasteiger partial charge in [-0.2, -0.15) is 0 Å². The van der Waals surface area contributed by atoms with Gasteiger partial charge in [-0.05, 0) is 36.3 Å². The standard InChI is InChI=1S/C20H20F2N2O/c1-14(20(25)23-19-13-17(21)7-8-18(19)22)24-11-9-16(10-12-24)15-5-3-2-4-6-15/h2-9,13-14H,10-12H2,1H3,(H,23,25)/p+1/t14-/m1/s1. The van der Waals surface area contributed by atoms with Crippen molar-refractivity contribution in [2.75, 3.05) is 18.4 Å². The predicted molar refractivity (Wildman–Crippen MR) is 94.2 cm³/mol. The Bertz CT molecular complexity index is 790. The van der Waals surface area contributed by atoms with E-state index in [0.29, 0.717) is 0 Å². The lowest BCUT2D eigenvalue weighted by Crippen LogP contribution is -3.17. The average Bonchev–Trinajstić information content (AvgIpc) is 2.65. The molecule has 0 bridgehead atoms. The Morgan fingerprint density at radius 2 is 1.92 bits per heavy atom. The van der Waals surface area contributed by atoms with Gasteiger partial charge >= 0.3 is 0 Å². The van der Waals surface area contributed by atoms with Crippen LogP contribution in [0.1, 0.15) is 18.9 Å². The van der Waals surface area contributed by atoms with Crippen molar-refractivity contribution in [1.29, 1.82) is 0 Å². The lowest BCUT2D eigenvalue weighted by atomic mass is 9.99. The van der Waals surface area contributed by atoms with Crippen LogP contribution in [0.3, 0.4) is 0 Å². The minimum atomic E-state index is -0.637. The number of nitrogens with one attached hydrogen (secondary N) is 2. The van der Waals surface area contributed by atoms with Crippen LogP contribution in [-0.4, -0.2) is 25.0 Å². The van der Waals surface area contributed by atoms with Crippen LogP contribution in [0.5, 0.6) is 0 Å². The van der Waals surface area contributed by atoms with E-state index in [1.807, 2.05) is 25.1 Å². The van der Waals surface area contributed by atoms with E-state index >= 15 is 0 Å². The molecule has 1 heterocycles. The third-order valence-electron chi connectivity index (χ3n) is 4.66. The number of rotatable bonds is 4. The van der Waals surface area contributed by atoms with Crippen LogP contribution in [0.4, 0.5) is 14.5 Å². The molecule has 1 amide bonds. The summed E-state index contributed by atoms with van der Waals surface area (Å²) in [5.74, 6) is -1.52. The Hall–Kier alpha value is -2.53. The van der Waals surface area contributed by atoms with Crippen LogP contribution in [0.15, 0.2) is 54.6 Å². The van der Waals surface area contributed by atoms with Crippen LogP contribution >= 0.6 is 0 Å². The zero-order valence-electron chi connectivity index (χ0n) is 14.1. The van der Waals surface area contributed by atoms with E-state index in [2.05, 4.69) is 23.5 Å². The fraction of sp³-hybridized carbons (Fsp3) is 0.250. The van der Waals surface area contributed by atoms with Gasteiger partial charge in [-0.3, -0.25) is 4.79 Å². The maximum absolute atomic E-state index is 13.7. The Morgan fingerprint density at radius 1 is 1.16 bits per heavy atom. The van der Waals surface area contributed by atoms with Crippen molar-refractivity contribution >= 4 is 17.2 Å². The second kappa shape index (κ2) is 7.57. The summed E-state index contributed by atoms with van der Waals surface area (Å²) in [5.41, 5.74) is 2.38. The molecular weight excluding hydrogens is 322 g/mol. The number of carbonyl (C=O) groups is 1. The number of anilines is 1. The molecule has 25 heavy (non-hydrogen) atoms. The lowest BCUT2D eigenvalue weighted by Gasteiger charge is -2.28. The van der Waals surface area contributed by atoms with Crippen LogP contribution < -0.4 is 10.2 Å². The molecule has 2 aromatic rings. The number of carbonyl (C=O) groups excluding carboxylic acids is 1. The molecule has 1 aliphatic rings. The van der Waals surface area contributed by atoms with Gasteiger partial charge in [-0.1, -0.05) is 30.3 Å². The predicted octanol–water partition coefficient (Wildman–Crippen LogP) is 2.66. The Morgan fingerprint density at radius 3 is 2.60 bits per heavy atom. The highest BCUT2D eigenvalue weighted by molar-refractivity contribution is 5.93. The molecule has 0 aromatic heterocycles. The molecule has 0 saturated carbocycles. The van der Waals surface area contributed by atoms with Crippen LogP contribution in [0, 0.1) is 11.6 Å². The SMILES string of the molecule is C[C@H](C(=O)Nc1cc(F)ccc1F)[NH+]1CC=C(c2ccccc2)CC1. The van der Waals surface area contributed by atoms with E-state index < -0.39 is 11.6 Å². The second-order valence-electron chi connectivity index (χ2n) is 6.29. The quantitative estimate of drug-likeness (QED) is 0.879. The first-order chi connectivity index (χ1) is 12.0. The monoisotopic (exact) mass is 343 g/mol. The average molecular weight is 343 g/mol. The van der Waals surface area contributed by atoms with E-state index in [1.165, 1.54) is 11.1 Å². The molecule has 0 saturated heterocycles. The van der Waals surface area contributed by atoms with Gasteiger partial charge in [0.05, 0.1) is 18.8 Å². The summed E-state index contributed by atoms with van der Waals surface area (Å²) < 4.78 is 26.9. The van der Waals surface area contributed by atoms with E-state index in [4.69, 9.17) is 0 Å². The molecule has 3 rings (SSSR count). The maximum atomic E-state index is 13.7. The highest BCUT2D eigenvalue weighted by atomic mass is 19.1. The summed E-state index contributed by atoms with van der Waals surface area (Å²) in [6, 6.07) is 12.9. The summed E-state index contributed by atoms with van der Waals surface area (Å²) in [6.07, 6.45) is 3.03. The van der Waals surface area contributed by atoms with Crippen LogP contribution in [0.2, 0.25) is 0 Å². The highest BCUT2D eigenvalue weighted by Crippen LogP contribution is 2.18. The molecular formula is C20H21F2N2O+. The number of quaternary nitrogens is 1. The smallest absolute Gasteiger partial charge is 0.282 e. The molecule has 0 aliphatic carbocycles. The largest absolute Gasteiger partial charge is 0.321 e. The highest BCUT2D eigenvalue weighted by Gasteiger charge is 2.27. The van der Waals surface area contributed by atoms with Crippen LogP contribution in [-0.2, 0) is 4.79 Å². The number of benzene rings is 2. The van der Waals surface area contributed by atoms with Gasteiger partial charge in [0.2, 0.25) is 0 Å². The lowest BCUT2D eigenvalue weighted by molar-refractivity contribution is -0.909. The fourth-order valence-corrected chi connectivity index (χ4v) is 3.08. The Kier molecular flexibility index (Phi) is 5.24. The fourth-order valence-electron chi connectivity index (χ4n) is 3.08. The summed E-state index contributed by atoms with van der Waals surface area (Å²) in [5, 5.41) is 2.50. The topological polar surface area (TPSA) is 33.5 Å². The second-order valence-corrected chi connectivity index (χ2v) is 6.29. The molecule has 3 nitrogen and oxygen atoms in total. The van der Waals surface area contributed by atoms with Crippen molar-refractivity contribution in [2.45, 2.75) is 19.4 Å². The van der Waals surface area contributed by atoms with Gasteiger partial charge in [-0.25, -0.2) is 8.78 Å². The van der Waals surface area contributed by atoms with Gasteiger partial charge in [-0.15, -0.1) is 0 Å². The molecule has 0 radical (unpaired) electrons. The van der Waals surface area contributed by atoms with Gasteiger partial charge in [0.15, 0.2) is 6.04 Å². The van der Waals surface area contributed by atoms with Crippen molar-refractivity contribution in [2.24, 2.45) is 0 Å². The molecule has 2 N–H and O–H groups in total. The van der Waals surface area contributed by atoms with E-state index in [1.54, 1.807) is 0 Å². The number of hydrogen-bond acceptors (Lipinski definition) is 1.